The van der Waals surface area contributed by atoms with Gasteiger partial charge in [-0.15, -0.1) is 0 Å². The smallest absolute Gasteiger partial charge is 0.306 e. The normalized spacial score (nSPS) is 13.6. The minimum Gasteiger partial charge on any atom is -0.462 e. The summed E-state index contributed by atoms with van der Waals surface area (Å²) in [7, 11) is 0. The van der Waals surface area contributed by atoms with Gasteiger partial charge in [-0.05, 0) is 44.9 Å². The average Bonchev–Trinajstić information content (AvgIpc) is 3.18. The van der Waals surface area contributed by atoms with E-state index in [4.69, 9.17) is 4.74 Å². The molecule has 0 aromatic rings. The van der Waals surface area contributed by atoms with Crippen LogP contribution < -0.4 is 5.32 Å². The van der Waals surface area contributed by atoms with Crippen molar-refractivity contribution in [3.05, 3.63) is 36.5 Å². The summed E-state index contributed by atoms with van der Waals surface area (Å²) in [5.41, 5.74) is 0. The molecule has 0 spiro atoms. The summed E-state index contributed by atoms with van der Waals surface area (Å²) in [6, 6.07) is -0.703. The Hall–Kier alpha value is -1.92. The number of ether oxygens (including phenoxy) is 1. The fourth-order valence-corrected chi connectivity index (χ4v) is 7.19. The van der Waals surface area contributed by atoms with Crippen LogP contribution in [0.2, 0.25) is 0 Å². The highest BCUT2D eigenvalue weighted by molar-refractivity contribution is 5.77. The van der Waals surface area contributed by atoms with Crippen molar-refractivity contribution >= 4 is 11.9 Å². The quantitative estimate of drug-likeness (QED) is 0.0326. The molecule has 322 valence electrons. The van der Waals surface area contributed by atoms with E-state index in [2.05, 4.69) is 62.5 Å². The number of nitrogens with one attached hydrogen (secondary N) is 1. The van der Waals surface area contributed by atoms with E-state index in [1.807, 2.05) is 0 Å². The SMILES string of the molecule is CC/C=C/C=C/C=C/CCCCCCCC(CC(=O)NC(CO)C(O)CCCCCCCCCCCCC)OC(=O)CCCCCCCCCCCCCC. The molecule has 1 amide bonds. The maximum Gasteiger partial charge on any atom is 0.306 e. The third-order valence-corrected chi connectivity index (χ3v) is 10.8. The second kappa shape index (κ2) is 43.2. The molecule has 0 saturated heterocycles. The lowest BCUT2D eigenvalue weighted by Crippen LogP contribution is -2.46. The summed E-state index contributed by atoms with van der Waals surface area (Å²) in [6.45, 7) is 6.33. The first-order chi connectivity index (χ1) is 27.0. The lowest BCUT2D eigenvalue weighted by Gasteiger charge is -2.24. The van der Waals surface area contributed by atoms with Crippen LogP contribution in [0.4, 0.5) is 0 Å². The van der Waals surface area contributed by atoms with Crippen LogP contribution in [0.15, 0.2) is 36.5 Å². The van der Waals surface area contributed by atoms with Crippen molar-refractivity contribution in [3.8, 4) is 0 Å². The first-order valence-corrected chi connectivity index (χ1v) is 23.7. The van der Waals surface area contributed by atoms with E-state index in [-0.39, 0.29) is 24.9 Å². The topological polar surface area (TPSA) is 95.9 Å². The van der Waals surface area contributed by atoms with Gasteiger partial charge in [-0.1, -0.05) is 218 Å². The molecular weight excluding hydrogens is 683 g/mol. The number of aliphatic hydroxyl groups is 2. The van der Waals surface area contributed by atoms with E-state index < -0.39 is 18.2 Å². The molecule has 0 aliphatic carbocycles. The Morgan fingerprint density at radius 2 is 0.982 bits per heavy atom. The molecule has 0 aromatic heterocycles. The van der Waals surface area contributed by atoms with Crippen molar-refractivity contribution in [1.82, 2.24) is 5.32 Å². The molecule has 0 saturated carbocycles. The average molecular weight is 774 g/mol. The van der Waals surface area contributed by atoms with E-state index in [1.54, 1.807) is 0 Å². The number of hydrogen-bond acceptors (Lipinski definition) is 5. The predicted molar refractivity (Wildman–Crippen MR) is 236 cm³/mol. The zero-order valence-corrected chi connectivity index (χ0v) is 36.6. The Morgan fingerprint density at radius 1 is 0.545 bits per heavy atom. The van der Waals surface area contributed by atoms with Crippen LogP contribution in [-0.4, -0.2) is 46.9 Å². The van der Waals surface area contributed by atoms with Crippen LogP contribution in [0.1, 0.15) is 239 Å². The number of carbonyl (C=O) groups is 2. The van der Waals surface area contributed by atoms with Crippen LogP contribution in [0, 0.1) is 0 Å². The lowest BCUT2D eigenvalue weighted by atomic mass is 10.0. The second-order valence-corrected chi connectivity index (χ2v) is 16.2. The number of aliphatic hydroxyl groups excluding tert-OH is 2. The number of esters is 1. The molecule has 3 N–H and O–H groups in total. The number of unbranched alkanes of at least 4 members (excludes halogenated alkanes) is 26. The van der Waals surface area contributed by atoms with Gasteiger partial charge in [0.25, 0.3) is 0 Å². The monoisotopic (exact) mass is 774 g/mol. The number of amides is 1. The van der Waals surface area contributed by atoms with Gasteiger partial charge in [0.1, 0.15) is 6.10 Å². The van der Waals surface area contributed by atoms with E-state index in [9.17, 15) is 19.8 Å². The zero-order valence-electron chi connectivity index (χ0n) is 36.6. The van der Waals surface area contributed by atoms with E-state index in [0.29, 0.717) is 19.3 Å². The fraction of sp³-hybridized carbons (Fsp3) is 0.837. The van der Waals surface area contributed by atoms with Crippen molar-refractivity contribution in [2.45, 2.75) is 257 Å². The van der Waals surface area contributed by atoms with Gasteiger partial charge >= 0.3 is 5.97 Å². The number of hydrogen-bond donors (Lipinski definition) is 3. The minimum atomic E-state index is -0.789. The molecule has 55 heavy (non-hydrogen) atoms. The Morgan fingerprint density at radius 3 is 1.47 bits per heavy atom. The lowest BCUT2D eigenvalue weighted by molar-refractivity contribution is -0.151. The van der Waals surface area contributed by atoms with Gasteiger partial charge in [-0.2, -0.15) is 0 Å². The highest BCUT2D eigenvalue weighted by atomic mass is 16.5. The van der Waals surface area contributed by atoms with Crippen molar-refractivity contribution in [2.75, 3.05) is 6.61 Å². The number of rotatable bonds is 42. The van der Waals surface area contributed by atoms with E-state index >= 15 is 0 Å². The second-order valence-electron chi connectivity index (χ2n) is 16.2. The summed E-state index contributed by atoms with van der Waals surface area (Å²) in [5.74, 6) is -0.489. The third kappa shape index (κ3) is 38.7. The molecule has 3 unspecified atom stereocenters. The number of allylic oxidation sites excluding steroid dienone is 6. The highest BCUT2D eigenvalue weighted by Crippen LogP contribution is 2.18. The maximum atomic E-state index is 13.1. The molecule has 0 aliphatic heterocycles. The van der Waals surface area contributed by atoms with Crippen molar-refractivity contribution in [2.24, 2.45) is 0 Å². The largest absolute Gasteiger partial charge is 0.462 e. The van der Waals surface area contributed by atoms with Gasteiger partial charge in [0.2, 0.25) is 5.91 Å². The molecule has 0 aliphatic rings. The number of carbonyl (C=O) groups excluding carboxylic acids is 2. The van der Waals surface area contributed by atoms with Crippen LogP contribution in [0.5, 0.6) is 0 Å². The highest BCUT2D eigenvalue weighted by Gasteiger charge is 2.24. The Bertz CT molecular complexity index is 915. The predicted octanol–water partition coefficient (Wildman–Crippen LogP) is 13.7. The van der Waals surface area contributed by atoms with Gasteiger partial charge in [-0.3, -0.25) is 9.59 Å². The zero-order chi connectivity index (χ0) is 40.3. The van der Waals surface area contributed by atoms with Gasteiger partial charge in [-0.25, -0.2) is 0 Å². The van der Waals surface area contributed by atoms with E-state index in [1.165, 1.54) is 109 Å². The Kier molecular flexibility index (Phi) is 41.7. The van der Waals surface area contributed by atoms with E-state index in [0.717, 1.165) is 83.5 Å². The van der Waals surface area contributed by atoms with Gasteiger partial charge < -0.3 is 20.3 Å². The summed E-state index contributed by atoms with van der Waals surface area (Å²) >= 11 is 0. The molecular formula is C49H91NO5. The molecule has 0 aromatic carbocycles. The first-order valence-electron chi connectivity index (χ1n) is 23.7. The molecule has 6 nitrogen and oxygen atoms in total. The third-order valence-electron chi connectivity index (χ3n) is 10.8. The van der Waals surface area contributed by atoms with Crippen LogP contribution >= 0.6 is 0 Å². The first kappa shape index (κ1) is 53.1. The maximum absolute atomic E-state index is 13.1. The molecule has 0 heterocycles. The summed E-state index contributed by atoms with van der Waals surface area (Å²) < 4.78 is 5.90. The van der Waals surface area contributed by atoms with Gasteiger partial charge in [0.15, 0.2) is 0 Å². The van der Waals surface area contributed by atoms with Crippen LogP contribution in [0.25, 0.3) is 0 Å². The van der Waals surface area contributed by atoms with Crippen LogP contribution in [0.3, 0.4) is 0 Å². The Labute approximate surface area is 341 Å². The molecule has 3 atom stereocenters. The summed E-state index contributed by atoms with van der Waals surface area (Å²) in [4.78, 5) is 26.0. The molecule has 6 heteroatoms. The Balaban J connectivity index is 4.61. The minimum absolute atomic E-state index is 0.0671. The van der Waals surface area contributed by atoms with Gasteiger partial charge in [0, 0.05) is 6.42 Å². The molecule has 0 bridgehead atoms. The van der Waals surface area contributed by atoms with Gasteiger partial charge in [0.05, 0.1) is 25.2 Å². The van der Waals surface area contributed by atoms with Crippen molar-refractivity contribution < 1.29 is 24.5 Å². The molecule has 0 rings (SSSR count). The van der Waals surface area contributed by atoms with Crippen molar-refractivity contribution in [3.63, 3.8) is 0 Å². The van der Waals surface area contributed by atoms with Crippen LogP contribution in [-0.2, 0) is 14.3 Å². The molecule has 0 fully saturated rings. The summed E-state index contributed by atoms with van der Waals surface area (Å²) in [5, 5.41) is 23.7. The van der Waals surface area contributed by atoms with Crippen molar-refractivity contribution in [1.29, 1.82) is 0 Å². The summed E-state index contributed by atoms with van der Waals surface area (Å²) in [6.07, 6.45) is 49.1. The molecule has 0 radical (unpaired) electrons. The standard InChI is InChI=1S/C49H91NO5/c1-4-7-10-13-16-19-22-24-26-28-31-34-37-40-45(55-49(54)42-39-36-33-30-27-23-20-17-14-11-8-5-2)43-48(53)50-46(44-51)47(52)41-38-35-32-29-25-21-18-15-12-9-6-3/h7,10,13,16,19,22,45-47,51-52H,4-6,8-9,11-12,14-15,17-18,20-21,23-44H2,1-3H3,(H,50,53)/b10-7+,16-13+,22-19+. The fourth-order valence-electron chi connectivity index (χ4n) is 7.19.